The summed E-state index contributed by atoms with van der Waals surface area (Å²) in [5.41, 5.74) is 2.58. The van der Waals surface area contributed by atoms with Crippen molar-refractivity contribution in [2.45, 2.75) is 33.4 Å². The van der Waals surface area contributed by atoms with Crippen LogP contribution in [0.15, 0.2) is 18.5 Å². The van der Waals surface area contributed by atoms with Crippen LogP contribution in [0, 0.1) is 12.8 Å². The van der Waals surface area contributed by atoms with Gasteiger partial charge in [0.05, 0.1) is 0 Å². The minimum atomic E-state index is 0.626. The van der Waals surface area contributed by atoms with Gasteiger partial charge in [0, 0.05) is 44.6 Å². The highest BCUT2D eigenvalue weighted by atomic mass is 15.2. The summed E-state index contributed by atoms with van der Waals surface area (Å²) in [7, 11) is 0. The Kier molecular flexibility index (Phi) is 4.13. The van der Waals surface area contributed by atoms with Gasteiger partial charge in [-0.2, -0.15) is 0 Å². The number of pyridine rings is 1. The summed E-state index contributed by atoms with van der Waals surface area (Å²) in [6.45, 7) is 11.1. The van der Waals surface area contributed by atoms with Crippen molar-refractivity contribution in [2.75, 3.05) is 19.6 Å². The average molecular weight is 233 g/mol. The van der Waals surface area contributed by atoms with Crippen LogP contribution in [0.2, 0.25) is 0 Å². The summed E-state index contributed by atoms with van der Waals surface area (Å²) < 4.78 is 0. The molecule has 0 bridgehead atoms. The molecule has 2 rings (SSSR count). The number of aryl methyl sites for hydroxylation is 1. The van der Waals surface area contributed by atoms with E-state index in [0.717, 1.165) is 26.2 Å². The van der Waals surface area contributed by atoms with E-state index in [4.69, 9.17) is 0 Å². The molecule has 94 valence electrons. The zero-order chi connectivity index (χ0) is 12.3. The van der Waals surface area contributed by atoms with Crippen LogP contribution in [0.4, 0.5) is 0 Å². The van der Waals surface area contributed by atoms with E-state index >= 15 is 0 Å². The number of piperazine rings is 1. The standard InChI is InChI=1S/C14H23N3/c1-11(2)14-10-17(5-4-16-14)9-13-6-12(3)7-15-8-13/h6-8,11,14,16H,4-5,9-10H2,1-3H3. The molecule has 0 saturated carbocycles. The quantitative estimate of drug-likeness (QED) is 0.863. The lowest BCUT2D eigenvalue weighted by molar-refractivity contribution is 0.168. The second-order valence-electron chi connectivity index (χ2n) is 5.41. The summed E-state index contributed by atoms with van der Waals surface area (Å²) in [5, 5.41) is 3.59. The molecular formula is C14H23N3. The number of rotatable bonds is 3. The third kappa shape index (κ3) is 3.51. The molecule has 3 nitrogen and oxygen atoms in total. The molecule has 1 fully saturated rings. The molecule has 1 aliphatic rings. The molecule has 0 radical (unpaired) electrons. The van der Waals surface area contributed by atoms with Crippen molar-refractivity contribution in [3.63, 3.8) is 0 Å². The Morgan fingerprint density at radius 2 is 2.29 bits per heavy atom. The maximum absolute atomic E-state index is 4.26. The molecule has 17 heavy (non-hydrogen) atoms. The van der Waals surface area contributed by atoms with Crippen LogP contribution in [0.3, 0.4) is 0 Å². The number of nitrogens with one attached hydrogen (secondary N) is 1. The van der Waals surface area contributed by atoms with E-state index < -0.39 is 0 Å². The van der Waals surface area contributed by atoms with E-state index in [2.05, 4.69) is 42.0 Å². The Bertz CT molecular complexity index is 362. The maximum atomic E-state index is 4.26. The molecule has 3 heteroatoms. The molecule has 0 aromatic carbocycles. The van der Waals surface area contributed by atoms with Gasteiger partial charge in [-0.05, 0) is 24.0 Å². The highest BCUT2D eigenvalue weighted by molar-refractivity contribution is 5.16. The topological polar surface area (TPSA) is 28.2 Å². The van der Waals surface area contributed by atoms with Gasteiger partial charge in [-0.15, -0.1) is 0 Å². The monoisotopic (exact) mass is 233 g/mol. The normalized spacial score (nSPS) is 22.0. The first-order valence-electron chi connectivity index (χ1n) is 6.51. The molecule has 1 aliphatic heterocycles. The number of aromatic nitrogens is 1. The summed E-state index contributed by atoms with van der Waals surface area (Å²) in [6, 6.07) is 2.86. The zero-order valence-corrected chi connectivity index (χ0v) is 11.1. The fourth-order valence-corrected chi connectivity index (χ4v) is 2.39. The van der Waals surface area contributed by atoms with E-state index in [1.165, 1.54) is 11.1 Å². The number of hydrogen-bond donors (Lipinski definition) is 1. The molecule has 1 saturated heterocycles. The predicted octanol–water partition coefficient (Wildman–Crippen LogP) is 1.82. The smallest absolute Gasteiger partial charge is 0.0313 e. The van der Waals surface area contributed by atoms with Crippen molar-refractivity contribution in [2.24, 2.45) is 5.92 Å². The van der Waals surface area contributed by atoms with Crippen molar-refractivity contribution in [1.82, 2.24) is 15.2 Å². The molecule has 1 atom stereocenters. The Balaban J connectivity index is 1.94. The minimum Gasteiger partial charge on any atom is -0.311 e. The molecule has 0 amide bonds. The van der Waals surface area contributed by atoms with Crippen LogP contribution in [0.1, 0.15) is 25.0 Å². The average Bonchev–Trinajstić information content (AvgIpc) is 2.29. The first-order valence-corrected chi connectivity index (χ1v) is 6.51. The molecular weight excluding hydrogens is 210 g/mol. The number of hydrogen-bond acceptors (Lipinski definition) is 3. The van der Waals surface area contributed by atoms with Crippen LogP contribution in [-0.4, -0.2) is 35.6 Å². The SMILES string of the molecule is Cc1cncc(CN2CCNC(C(C)C)C2)c1. The van der Waals surface area contributed by atoms with Crippen molar-refractivity contribution in [3.8, 4) is 0 Å². The largest absolute Gasteiger partial charge is 0.311 e. The van der Waals surface area contributed by atoms with Gasteiger partial charge in [-0.25, -0.2) is 0 Å². The molecule has 0 aliphatic carbocycles. The first kappa shape index (κ1) is 12.5. The van der Waals surface area contributed by atoms with Crippen LogP contribution in [0.25, 0.3) is 0 Å². The van der Waals surface area contributed by atoms with Crippen LogP contribution < -0.4 is 5.32 Å². The van der Waals surface area contributed by atoms with Crippen LogP contribution in [0.5, 0.6) is 0 Å². The maximum Gasteiger partial charge on any atom is 0.0313 e. The van der Waals surface area contributed by atoms with Gasteiger partial charge >= 0.3 is 0 Å². The Hall–Kier alpha value is -0.930. The van der Waals surface area contributed by atoms with Gasteiger partial charge in [-0.3, -0.25) is 9.88 Å². The van der Waals surface area contributed by atoms with Gasteiger partial charge in [0.1, 0.15) is 0 Å². The van der Waals surface area contributed by atoms with Crippen molar-refractivity contribution in [1.29, 1.82) is 0 Å². The fourth-order valence-electron chi connectivity index (χ4n) is 2.39. The van der Waals surface area contributed by atoms with E-state index in [-0.39, 0.29) is 0 Å². The molecule has 0 spiro atoms. The van der Waals surface area contributed by atoms with Crippen molar-refractivity contribution < 1.29 is 0 Å². The molecule has 1 aromatic heterocycles. The second-order valence-corrected chi connectivity index (χ2v) is 5.41. The zero-order valence-electron chi connectivity index (χ0n) is 11.1. The fraction of sp³-hybridized carbons (Fsp3) is 0.643. The minimum absolute atomic E-state index is 0.626. The summed E-state index contributed by atoms with van der Waals surface area (Å²) >= 11 is 0. The highest BCUT2D eigenvalue weighted by Crippen LogP contribution is 2.12. The molecule has 1 N–H and O–H groups in total. The summed E-state index contributed by atoms with van der Waals surface area (Å²) in [5.74, 6) is 0.702. The van der Waals surface area contributed by atoms with Crippen molar-refractivity contribution in [3.05, 3.63) is 29.6 Å². The summed E-state index contributed by atoms with van der Waals surface area (Å²) in [6.07, 6.45) is 3.90. The Morgan fingerprint density at radius 3 is 3.00 bits per heavy atom. The lowest BCUT2D eigenvalue weighted by Crippen LogP contribution is -2.52. The van der Waals surface area contributed by atoms with Gasteiger partial charge in [0.15, 0.2) is 0 Å². The van der Waals surface area contributed by atoms with Crippen LogP contribution in [-0.2, 0) is 6.54 Å². The third-order valence-electron chi connectivity index (χ3n) is 3.43. The van der Waals surface area contributed by atoms with Gasteiger partial charge in [0.2, 0.25) is 0 Å². The number of nitrogens with zero attached hydrogens (tertiary/aromatic N) is 2. The Labute approximate surface area is 104 Å². The lowest BCUT2D eigenvalue weighted by atomic mass is 10.0. The summed E-state index contributed by atoms with van der Waals surface area (Å²) in [4.78, 5) is 6.79. The third-order valence-corrected chi connectivity index (χ3v) is 3.43. The lowest BCUT2D eigenvalue weighted by Gasteiger charge is -2.35. The van der Waals surface area contributed by atoms with Gasteiger partial charge < -0.3 is 5.32 Å². The van der Waals surface area contributed by atoms with Crippen LogP contribution >= 0.6 is 0 Å². The van der Waals surface area contributed by atoms with E-state index in [0.29, 0.717) is 12.0 Å². The molecule has 2 heterocycles. The van der Waals surface area contributed by atoms with Crippen molar-refractivity contribution >= 4 is 0 Å². The van der Waals surface area contributed by atoms with E-state index in [1.807, 2.05) is 12.4 Å². The molecule has 1 aromatic rings. The van der Waals surface area contributed by atoms with Gasteiger partial charge in [-0.1, -0.05) is 19.9 Å². The van der Waals surface area contributed by atoms with E-state index in [9.17, 15) is 0 Å². The first-order chi connectivity index (χ1) is 8.15. The second kappa shape index (κ2) is 5.61. The van der Waals surface area contributed by atoms with E-state index in [1.54, 1.807) is 0 Å². The van der Waals surface area contributed by atoms with Gasteiger partial charge in [0.25, 0.3) is 0 Å². The Morgan fingerprint density at radius 1 is 1.47 bits per heavy atom. The molecule has 1 unspecified atom stereocenters. The predicted molar refractivity (Wildman–Crippen MR) is 70.9 cm³/mol. The highest BCUT2D eigenvalue weighted by Gasteiger charge is 2.21.